The van der Waals surface area contributed by atoms with Crippen molar-refractivity contribution in [2.24, 2.45) is 5.92 Å². The van der Waals surface area contributed by atoms with Crippen molar-refractivity contribution in [1.29, 1.82) is 0 Å². The first-order chi connectivity index (χ1) is 10.5. The van der Waals surface area contributed by atoms with Crippen LogP contribution in [0.25, 0.3) is 0 Å². The molecule has 0 spiro atoms. The largest absolute Gasteiger partial charge is 0.378 e. The molecule has 2 fully saturated rings. The maximum absolute atomic E-state index is 12.5. The van der Waals surface area contributed by atoms with Crippen LogP contribution in [0, 0.1) is 5.92 Å². The first kappa shape index (κ1) is 17.4. The van der Waals surface area contributed by atoms with E-state index in [2.05, 4.69) is 23.6 Å². The third-order valence-corrected chi connectivity index (χ3v) is 4.55. The number of hydrogen-bond donors (Lipinski definition) is 0. The van der Waals surface area contributed by atoms with Crippen LogP contribution in [0.4, 0.5) is 0 Å². The first-order valence-electron chi connectivity index (χ1n) is 8.46. The van der Waals surface area contributed by atoms with Crippen LogP contribution in [0.2, 0.25) is 0 Å². The molecule has 0 radical (unpaired) electrons. The van der Waals surface area contributed by atoms with Gasteiger partial charge in [-0.2, -0.15) is 0 Å². The highest BCUT2D eigenvalue weighted by atomic mass is 16.5. The monoisotopic (exact) mass is 309 g/mol. The number of allylic oxidation sites excluding steroid dienone is 1. The fourth-order valence-electron chi connectivity index (χ4n) is 3.12. The lowest BCUT2D eigenvalue weighted by atomic mass is 10.1. The molecule has 0 unspecified atom stereocenters. The molecule has 0 atom stereocenters. The van der Waals surface area contributed by atoms with Crippen LogP contribution < -0.4 is 0 Å². The summed E-state index contributed by atoms with van der Waals surface area (Å²) in [7, 11) is 1.90. The zero-order chi connectivity index (χ0) is 16.1. The molecule has 2 rings (SSSR count). The van der Waals surface area contributed by atoms with Crippen molar-refractivity contribution in [3.63, 3.8) is 0 Å². The Morgan fingerprint density at radius 3 is 2.36 bits per heavy atom. The number of hydrogen-bond acceptors (Lipinski definition) is 4. The van der Waals surface area contributed by atoms with Crippen molar-refractivity contribution in [2.45, 2.75) is 26.8 Å². The Kier molecular flexibility index (Phi) is 6.41. The number of carbonyl (C=O) groups is 1. The van der Waals surface area contributed by atoms with E-state index in [1.165, 1.54) is 0 Å². The molecule has 22 heavy (non-hydrogen) atoms. The van der Waals surface area contributed by atoms with Gasteiger partial charge in [0, 0.05) is 51.9 Å². The summed E-state index contributed by atoms with van der Waals surface area (Å²) in [4.78, 5) is 19.3. The minimum atomic E-state index is 0.172. The summed E-state index contributed by atoms with van der Waals surface area (Å²) < 4.78 is 5.27. The molecule has 0 aromatic carbocycles. The van der Waals surface area contributed by atoms with Crippen LogP contribution in [0.5, 0.6) is 0 Å². The van der Waals surface area contributed by atoms with Gasteiger partial charge in [-0.15, -0.1) is 0 Å². The second kappa shape index (κ2) is 8.09. The molecule has 2 aliphatic rings. The van der Waals surface area contributed by atoms with Gasteiger partial charge in [0.1, 0.15) is 0 Å². The Labute approximate surface area is 134 Å². The summed E-state index contributed by atoms with van der Waals surface area (Å²) in [5.41, 5.74) is 0.920. The molecule has 2 saturated heterocycles. The summed E-state index contributed by atoms with van der Waals surface area (Å²) >= 11 is 0. The van der Waals surface area contributed by atoms with E-state index in [4.69, 9.17) is 4.74 Å². The van der Waals surface area contributed by atoms with Crippen LogP contribution in [0.1, 0.15) is 20.8 Å². The Hall–Kier alpha value is -0.910. The van der Waals surface area contributed by atoms with Crippen molar-refractivity contribution in [1.82, 2.24) is 14.7 Å². The number of ether oxygens (including phenoxy) is 1. The molecule has 126 valence electrons. The van der Waals surface area contributed by atoms with Crippen LogP contribution in [0.3, 0.4) is 0 Å². The maximum Gasteiger partial charge on any atom is 0.250 e. The predicted molar refractivity (Wildman–Crippen MR) is 88.9 cm³/mol. The van der Waals surface area contributed by atoms with Crippen LogP contribution >= 0.6 is 0 Å². The number of nitrogens with zero attached hydrogens (tertiary/aromatic N) is 3. The lowest BCUT2D eigenvalue weighted by Gasteiger charge is -2.42. The first-order valence-corrected chi connectivity index (χ1v) is 8.46. The Morgan fingerprint density at radius 2 is 1.91 bits per heavy atom. The van der Waals surface area contributed by atoms with Crippen LogP contribution in [-0.2, 0) is 9.53 Å². The zero-order valence-electron chi connectivity index (χ0n) is 14.5. The van der Waals surface area contributed by atoms with Gasteiger partial charge in [-0.1, -0.05) is 19.9 Å². The normalized spacial score (nSPS) is 22.0. The van der Waals surface area contributed by atoms with Gasteiger partial charge in [-0.05, 0) is 12.8 Å². The fourth-order valence-corrected chi connectivity index (χ4v) is 3.12. The third kappa shape index (κ3) is 4.54. The van der Waals surface area contributed by atoms with Crippen LogP contribution in [0.15, 0.2) is 11.6 Å². The molecule has 0 N–H and O–H groups in total. The summed E-state index contributed by atoms with van der Waals surface area (Å²) in [5.74, 6) is 0.673. The second-order valence-corrected chi connectivity index (χ2v) is 6.90. The number of carbonyl (C=O) groups excluding carboxylic acids is 1. The highest BCUT2D eigenvalue weighted by Crippen LogP contribution is 2.14. The topological polar surface area (TPSA) is 36.0 Å². The third-order valence-electron chi connectivity index (χ3n) is 4.55. The molecule has 0 aromatic heterocycles. The van der Waals surface area contributed by atoms with Crippen molar-refractivity contribution < 1.29 is 9.53 Å². The number of rotatable bonds is 6. The standard InChI is InChI=1S/C17H31N3O2/c1-5-15(17(21)18(4)10-14(2)3)11-19-6-8-20(9-7-19)16-12-22-13-16/h5,14,16H,6-13H2,1-4H3/b15-5+. The molecule has 5 heteroatoms. The van der Waals surface area contributed by atoms with E-state index in [9.17, 15) is 4.79 Å². The van der Waals surface area contributed by atoms with E-state index in [0.29, 0.717) is 12.0 Å². The molecule has 5 nitrogen and oxygen atoms in total. The van der Waals surface area contributed by atoms with E-state index < -0.39 is 0 Å². The maximum atomic E-state index is 12.5. The molecular weight excluding hydrogens is 278 g/mol. The summed E-state index contributed by atoms with van der Waals surface area (Å²) in [6, 6.07) is 0.627. The Morgan fingerprint density at radius 1 is 1.27 bits per heavy atom. The molecule has 0 saturated carbocycles. The number of amides is 1. The summed E-state index contributed by atoms with van der Waals surface area (Å²) in [6.45, 7) is 13.9. The quantitative estimate of drug-likeness (QED) is 0.688. The predicted octanol–water partition coefficient (Wildman–Crippen LogP) is 1.06. The van der Waals surface area contributed by atoms with Gasteiger partial charge in [0.05, 0.1) is 19.3 Å². The van der Waals surface area contributed by atoms with Crippen molar-refractivity contribution in [2.75, 3.05) is 59.5 Å². The van der Waals surface area contributed by atoms with Gasteiger partial charge < -0.3 is 9.64 Å². The van der Waals surface area contributed by atoms with Gasteiger partial charge in [-0.3, -0.25) is 14.6 Å². The SMILES string of the molecule is C/C=C(\CN1CCN(C2COC2)CC1)C(=O)N(C)CC(C)C. The highest BCUT2D eigenvalue weighted by Gasteiger charge is 2.29. The molecular formula is C17H31N3O2. The Bertz CT molecular complexity index is 397. The van der Waals surface area contributed by atoms with Crippen molar-refractivity contribution in [3.8, 4) is 0 Å². The average Bonchev–Trinajstić information content (AvgIpc) is 2.43. The van der Waals surface area contributed by atoms with Gasteiger partial charge in [0.15, 0.2) is 0 Å². The van der Waals surface area contributed by atoms with Gasteiger partial charge in [0.25, 0.3) is 5.91 Å². The van der Waals surface area contributed by atoms with E-state index in [1.807, 2.05) is 24.9 Å². The summed E-state index contributed by atoms with van der Waals surface area (Å²) in [5, 5.41) is 0. The fraction of sp³-hybridized carbons (Fsp3) is 0.824. The zero-order valence-corrected chi connectivity index (χ0v) is 14.5. The summed E-state index contributed by atoms with van der Waals surface area (Å²) in [6.07, 6.45) is 1.98. The van der Waals surface area contributed by atoms with E-state index in [0.717, 1.165) is 58.1 Å². The van der Waals surface area contributed by atoms with E-state index >= 15 is 0 Å². The lowest BCUT2D eigenvalue weighted by Crippen LogP contribution is -2.56. The Balaban J connectivity index is 1.79. The molecule has 0 aromatic rings. The number of piperazine rings is 1. The van der Waals surface area contributed by atoms with Gasteiger partial charge in [-0.25, -0.2) is 0 Å². The highest BCUT2D eigenvalue weighted by molar-refractivity contribution is 5.93. The minimum Gasteiger partial charge on any atom is -0.378 e. The molecule has 0 bridgehead atoms. The molecule has 0 aliphatic carbocycles. The van der Waals surface area contributed by atoms with E-state index in [-0.39, 0.29) is 5.91 Å². The number of likely N-dealkylation sites (N-methyl/N-ethyl adjacent to an activating group) is 1. The average molecular weight is 309 g/mol. The van der Waals surface area contributed by atoms with Gasteiger partial charge >= 0.3 is 0 Å². The lowest BCUT2D eigenvalue weighted by molar-refractivity contribution is -0.126. The molecule has 2 aliphatic heterocycles. The molecule has 2 heterocycles. The smallest absolute Gasteiger partial charge is 0.250 e. The molecule has 1 amide bonds. The van der Waals surface area contributed by atoms with Crippen molar-refractivity contribution >= 4 is 5.91 Å². The van der Waals surface area contributed by atoms with Crippen molar-refractivity contribution in [3.05, 3.63) is 11.6 Å². The second-order valence-electron chi connectivity index (χ2n) is 6.90. The minimum absolute atomic E-state index is 0.172. The van der Waals surface area contributed by atoms with Crippen LogP contribution in [-0.4, -0.2) is 86.2 Å². The van der Waals surface area contributed by atoms with E-state index in [1.54, 1.807) is 0 Å². The van der Waals surface area contributed by atoms with Gasteiger partial charge in [0.2, 0.25) is 0 Å².